The van der Waals surface area contributed by atoms with Gasteiger partial charge in [-0.15, -0.1) is 0 Å². The van der Waals surface area contributed by atoms with E-state index in [0.29, 0.717) is 5.92 Å². The van der Waals surface area contributed by atoms with Gasteiger partial charge in [0, 0.05) is 16.7 Å². The standard InChI is InChI=1S/C10H18ClNO2S/c1-12-7-3-5-8-4-2-6-9(10(8)12)15(11,13)14/h8-10H,2-7H2,1H3/t8-,9-,10+/m0/s1. The summed E-state index contributed by atoms with van der Waals surface area (Å²) in [6.07, 6.45) is 5.26. The molecule has 0 aromatic carbocycles. The molecule has 0 aromatic rings. The molecule has 1 aliphatic carbocycles. The summed E-state index contributed by atoms with van der Waals surface area (Å²) in [7, 11) is 4.17. The molecule has 3 atom stereocenters. The SMILES string of the molecule is CN1CCC[C@@H]2CCC[C@H](S(=O)(=O)Cl)[C@@H]21. The number of nitrogens with zero attached hydrogens (tertiary/aromatic N) is 1. The normalized spacial score (nSPS) is 38.7. The molecule has 1 saturated carbocycles. The van der Waals surface area contributed by atoms with Gasteiger partial charge in [0.2, 0.25) is 9.05 Å². The number of rotatable bonds is 1. The Bertz CT molecular complexity index is 328. The summed E-state index contributed by atoms with van der Waals surface area (Å²) in [5, 5.41) is -0.344. The van der Waals surface area contributed by atoms with Crippen molar-refractivity contribution in [3.8, 4) is 0 Å². The van der Waals surface area contributed by atoms with Crippen molar-refractivity contribution < 1.29 is 8.42 Å². The number of hydrogen-bond acceptors (Lipinski definition) is 3. The highest BCUT2D eigenvalue weighted by atomic mass is 35.7. The van der Waals surface area contributed by atoms with E-state index in [-0.39, 0.29) is 11.3 Å². The molecular weight excluding hydrogens is 234 g/mol. The van der Waals surface area contributed by atoms with Crippen LogP contribution >= 0.6 is 10.7 Å². The fourth-order valence-electron chi connectivity index (χ4n) is 3.24. The van der Waals surface area contributed by atoms with Crippen LogP contribution in [0.5, 0.6) is 0 Å². The van der Waals surface area contributed by atoms with Gasteiger partial charge in [-0.05, 0) is 45.2 Å². The zero-order valence-corrected chi connectivity index (χ0v) is 10.6. The Labute approximate surface area is 96.2 Å². The van der Waals surface area contributed by atoms with Gasteiger partial charge in [0.1, 0.15) is 0 Å². The molecule has 0 spiro atoms. The zero-order valence-electron chi connectivity index (χ0n) is 9.02. The molecule has 0 aromatic heterocycles. The molecule has 3 nitrogen and oxygen atoms in total. The van der Waals surface area contributed by atoms with Crippen molar-refractivity contribution in [1.82, 2.24) is 4.90 Å². The molecule has 1 saturated heterocycles. The molecular formula is C10H18ClNO2S. The van der Waals surface area contributed by atoms with Gasteiger partial charge >= 0.3 is 0 Å². The number of fused-ring (bicyclic) bond motifs is 1. The summed E-state index contributed by atoms with van der Waals surface area (Å²) >= 11 is 0. The number of halogens is 1. The highest BCUT2D eigenvalue weighted by molar-refractivity contribution is 8.14. The first kappa shape index (κ1) is 11.7. The van der Waals surface area contributed by atoms with E-state index in [2.05, 4.69) is 4.90 Å². The minimum absolute atomic E-state index is 0.162. The molecule has 2 aliphatic rings. The molecule has 0 radical (unpaired) electrons. The van der Waals surface area contributed by atoms with Crippen molar-refractivity contribution in [2.24, 2.45) is 5.92 Å². The smallest absolute Gasteiger partial charge is 0.237 e. The molecule has 0 unspecified atom stereocenters. The molecule has 88 valence electrons. The monoisotopic (exact) mass is 251 g/mol. The number of likely N-dealkylation sites (tertiary alicyclic amines) is 1. The highest BCUT2D eigenvalue weighted by Crippen LogP contribution is 2.38. The Morgan fingerprint density at radius 1 is 1.20 bits per heavy atom. The summed E-state index contributed by atoms with van der Waals surface area (Å²) in [5.74, 6) is 0.538. The lowest BCUT2D eigenvalue weighted by Crippen LogP contribution is -2.53. The van der Waals surface area contributed by atoms with E-state index in [1.54, 1.807) is 0 Å². The van der Waals surface area contributed by atoms with Crippen LogP contribution in [0.15, 0.2) is 0 Å². The van der Waals surface area contributed by atoms with Gasteiger partial charge in [-0.25, -0.2) is 8.42 Å². The van der Waals surface area contributed by atoms with Crippen molar-refractivity contribution in [1.29, 1.82) is 0 Å². The summed E-state index contributed by atoms with van der Waals surface area (Å²) in [4.78, 5) is 2.19. The van der Waals surface area contributed by atoms with Crippen molar-refractivity contribution in [2.45, 2.75) is 43.4 Å². The second kappa shape index (κ2) is 4.22. The van der Waals surface area contributed by atoms with Crippen LogP contribution in [0.1, 0.15) is 32.1 Å². The predicted octanol–water partition coefficient (Wildman–Crippen LogP) is 1.82. The highest BCUT2D eigenvalue weighted by Gasteiger charge is 2.43. The second-order valence-corrected chi connectivity index (χ2v) is 7.67. The van der Waals surface area contributed by atoms with Crippen LogP contribution in [0.4, 0.5) is 0 Å². The lowest BCUT2D eigenvalue weighted by atomic mass is 9.78. The third kappa shape index (κ3) is 2.32. The molecule has 0 amide bonds. The Balaban J connectivity index is 2.24. The zero-order chi connectivity index (χ0) is 11.1. The van der Waals surface area contributed by atoms with E-state index in [1.807, 2.05) is 7.05 Å². The van der Waals surface area contributed by atoms with Gasteiger partial charge in [0.05, 0.1) is 5.25 Å². The van der Waals surface area contributed by atoms with Crippen molar-refractivity contribution >= 4 is 19.7 Å². The maximum Gasteiger partial charge on any atom is 0.237 e. The van der Waals surface area contributed by atoms with Crippen LogP contribution in [0.25, 0.3) is 0 Å². The molecule has 5 heteroatoms. The van der Waals surface area contributed by atoms with E-state index < -0.39 is 9.05 Å². The maximum absolute atomic E-state index is 11.5. The first-order valence-corrected chi connectivity index (χ1v) is 8.01. The van der Waals surface area contributed by atoms with Crippen LogP contribution in [-0.2, 0) is 9.05 Å². The van der Waals surface area contributed by atoms with Gasteiger partial charge in [0.15, 0.2) is 0 Å². The topological polar surface area (TPSA) is 37.4 Å². The van der Waals surface area contributed by atoms with E-state index in [1.165, 1.54) is 6.42 Å². The van der Waals surface area contributed by atoms with Gasteiger partial charge in [-0.3, -0.25) is 0 Å². The average Bonchev–Trinajstić information content (AvgIpc) is 2.16. The largest absolute Gasteiger partial charge is 0.302 e. The van der Waals surface area contributed by atoms with E-state index in [9.17, 15) is 8.42 Å². The van der Waals surface area contributed by atoms with Crippen LogP contribution in [0.2, 0.25) is 0 Å². The van der Waals surface area contributed by atoms with Crippen LogP contribution in [0.3, 0.4) is 0 Å². The molecule has 1 heterocycles. The first-order chi connectivity index (χ1) is 7.00. The van der Waals surface area contributed by atoms with E-state index in [0.717, 1.165) is 32.2 Å². The van der Waals surface area contributed by atoms with Gasteiger partial charge < -0.3 is 4.90 Å². The number of hydrogen-bond donors (Lipinski definition) is 0. The van der Waals surface area contributed by atoms with Crippen molar-refractivity contribution in [2.75, 3.05) is 13.6 Å². The molecule has 15 heavy (non-hydrogen) atoms. The molecule has 2 rings (SSSR count). The third-order valence-corrected chi connectivity index (χ3v) is 5.81. The maximum atomic E-state index is 11.5. The Kier molecular flexibility index (Phi) is 3.29. The average molecular weight is 252 g/mol. The first-order valence-electron chi connectivity index (χ1n) is 5.64. The van der Waals surface area contributed by atoms with Crippen LogP contribution < -0.4 is 0 Å². The van der Waals surface area contributed by atoms with Crippen molar-refractivity contribution in [3.63, 3.8) is 0 Å². The Hall–Kier alpha value is 0.200. The molecule has 0 N–H and O–H groups in total. The fraction of sp³-hybridized carbons (Fsp3) is 1.00. The number of piperidine rings is 1. The Morgan fingerprint density at radius 3 is 2.53 bits per heavy atom. The van der Waals surface area contributed by atoms with Gasteiger partial charge in [-0.1, -0.05) is 6.42 Å². The lowest BCUT2D eigenvalue weighted by molar-refractivity contribution is 0.0872. The second-order valence-electron chi connectivity index (χ2n) is 4.82. The summed E-state index contributed by atoms with van der Waals surface area (Å²) < 4.78 is 23.1. The molecule has 0 bridgehead atoms. The fourth-order valence-corrected chi connectivity index (χ4v) is 5.04. The van der Waals surface area contributed by atoms with Gasteiger partial charge in [-0.2, -0.15) is 0 Å². The third-order valence-electron chi connectivity index (χ3n) is 3.88. The van der Waals surface area contributed by atoms with Crippen LogP contribution in [0, 0.1) is 5.92 Å². The molecule has 1 aliphatic heterocycles. The van der Waals surface area contributed by atoms with Crippen LogP contribution in [-0.4, -0.2) is 38.2 Å². The minimum atomic E-state index is -3.40. The Morgan fingerprint density at radius 2 is 1.87 bits per heavy atom. The van der Waals surface area contributed by atoms with E-state index >= 15 is 0 Å². The van der Waals surface area contributed by atoms with E-state index in [4.69, 9.17) is 10.7 Å². The predicted molar refractivity (Wildman–Crippen MR) is 61.6 cm³/mol. The van der Waals surface area contributed by atoms with Crippen molar-refractivity contribution in [3.05, 3.63) is 0 Å². The molecule has 2 fully saturated rings. The summed E-state index contributed by atoms with van der Waals surface area (Å²) in [5.41, 5.74) is 0. The summed E-state index contributed by atoms with van der Waals surface area (Å²) in [6, 6.07) is 0.162. The van der Waals surface area contributed by atoms with Gasteiger partial charge in [0.25, 0.3) is 0 Å². The quantitative estimate of drug-likeness (QED) is 0.667. The summed E-state index contributed by atoms with van der Waals surface area (Å²) in [6.45, 7) is 1.00. The lowest BCUT2D eigenvalue weighted by Gasteiger charge is -2.45. The minimum Gasteiger partial charge on any atom is -0.302 e.